The number of fused-ring (bicyclic) bond motifs is 1. The number of pyridine rings is 1. The molecule has 1 aromatic heterocycles. The van der Waals surface area contributed by atoms with Gasteiger partial charge in [0.25, 0.3) is 0 Å². The Morgan fingerprint density at radius 2 is 1.74 bits per heavy atom. The Balaban J connectivity index is 1.69. The zero-order chi connectivity index (χ0) is 18.6. The van der Waals surface area contributed by atoms with Crippen LogP contribution in [0.5, 0.6) is 0 Å². The maximum absolute atomic E-state index is 11.0. The highest BCUT2D eigenvalue weighted by Crippen LogP contribution is 2.22. The van der Waals surface area contributed by atoms with Gasteiger partial charge in [-0.25, -0.2) is 4.98 Å². The fraction of sp³-hybridized carbons (Fsp3) is 0.0400. The summed E-state index contributed by atoms with van der Waals surface area (Å²) < 4.78 is 0. The average molecular weight is 347 g/mol. The molecule has 0 saturated heterocycles. The van der Waals surface area contributed by atoms with Crippen molar-refractivity contribution in [2.45, 2.75) is 6.92 Å². The summed E-state index contributed by atoms with van der Waals surface area (Å²) in [7, 11) is 0. The van der Waals surface area contributed by atoms with Crippen LogP contribution in [0.1, 0.15) is 27.0 Å². The van der Waals surface area contributed by atoms with Gasteiger partial charge in [-0.3, -0.25) is 4.79 Å². The van der Waals surface area contributed by atoms with Crippen LogP contribution >= 0.6 is 0 Å². The Labute approximate surface area is 158 Å². The van der Waals surface area contributed by atoms with Gasteiger partial charge in [0, 0.05) is 27.6 Å². The second-order valence-corrected chi connectivity index (χ2v) is 6.41. The Bertz CT molecular complexity index is 1210. The monoisotopic (exact) mass is 347 g/mol. The standard InChI is InChI=1S/C25H17NO/c1-18-5-2-3-7-21(18)11-9-19-10-13-24-23(15-19)12-14-25(26-24)22-8-4-6-20(16-22)17-27/h2-8,10,12-17H,1H3. The van der Waals surface area contributed by atoms with E-state index in [9.17, 15) is 4.79 Å². The van der Waals surface area contributed by atoms with Crippen LogP contribution in [0, 0.1) is 18.8 Å². The third-order valence-corrected chi connectivity index (χ3v) is 4.49. The van der Waals surface area contributed by atoms with Crippen LogP contribution in [0.4, 0.5) is 0 Å². The number of aryl methyl sites for hydroxylation is 1. The normalized spacial score (nSPS) is 10.3. The van der Waals surface area contributed by atoms with E-state index < -0.39 is 0 Å². The topological polar surface area (TPSA) is 30.0 Å². The molecule has 0 radical (unpaired) electrons. The van der Waals surface area contributed by atoms with Gasteiger partial charge in [0.05, 0.1) is 11.2 Å². The van der Waals surface area contributed by atoms with Crippen molar-refractivity contribution in [3.05, 3.63) is 101 Å². The Kier molecular flexibility index (Phi) is 4.51. The molecule has 1 heterocycles. The van der Waals surface area contributed by atoms with Crippen molar-refractivity contribution in [2.24, 2.45) is 0 Å². The molecular weight excluding hydrogens is 330 g/mol. The molecule has 0 unspecified atom stereocenters. The number of nitrogens with zero attached hydrogens (tertiary/aromatic N) is 1. The van der Waals surface area contributed by atoms with Gasteiger partial charge >= 0.3 is 0 Å². The van der Waals surface area contributed by atoms with Crippen molar-refractivity contribution in [2.75, 3.05) is 0 Å². The lowest BCUT2D eigenvalue weighted by molar-refractivity contribution is 0.112. The van der Waals surface area contributed by atoms with E-state index in [-0.39, 0.29) is 0 Å². The van der Waals surface area contributed by atoms with Crippen LogP contribution in [-0.2, 0) is 0 Å². The fourth-order valence-electron chi connectivity index (χ4n) is 2.99. The van der Waals surface area contributed by atoms with Crippen molar-refractivity contribution in [1.29, 1.82) is 0 Å². The van der Waals surface area contributed by atoms with Gasteiger partial charge in [-0.05, 0) is 48.9 Å². The molecule has 2 heteroatoms. The molecule has 0 aliphatic heterocycles. The first kappa shape index (κ1) is 16.8. The van der Waals surface area contributed by atoms with Gasteiger partial charge in [0.2, 0.25) is 0 Å². The SMILES string of the molecule is Cc1ccccc1C#Cc1ccc2nc(-c3cccc(C=O)c3)ccc2c1. The number of hydrogen-bond acceptors (Lipinski definition) is 2. The second-order valence-electron chi connectivity index (χ2n) is 6.41. The summed E-state index contributed by atoms with van der Waals surface area (Å²) in [5, 5.41) is 1.04. The highest BCUT2D eigenvalue weighted by atomic mass is 16.1. The molecule has 3 aromatic carbocycles. The molecule has 128 valence electrons. The lowest BCUT2D eigenvalue weighted by atomic mass is 10.1. The highest BCUT2D eigenvalue weighted by molar-refractivity contribution is 5.84. The fourth-order valence-corrected chi connectivity index (χ4v) is 2.99. The van der Waals surface area contributed by atoms with Gasteiger partial charge in [0.15, 0.2) is 0 Å². The van der Waals surface area contributed by atoms with E-state index in [1.54, 1.807) is 6.07 Å². The van der Waals surface area contributed by atoms with Gasteiger partial charge in [-0.2, -0.15) is 0 Å². The lowest BCUT2D eigenvalue weighted by Gasteiger charge is -2.04. The van der Waals surface area contributed by atoms with Crippen LogP contribution in [-0.4, -0.2) is 11.3 Å². The number of rotatable bonds is 2. The van der Waals surface area contributed by atoms with E-state index in [2.05, 4.69) is 30.9 Å². The van der Waals surface area contributed by atoms with Crippen molar-refractivity contribution in [1.82, 2.24) is 4.98 Å². The largest absolute Gasteiger partial charge is 0.298 e. The number of benzene rings is 3. The van der Waals surface area contributed by atoms with Crippen LogP contribution < -0.4 is 0 Å². The maximum atomic E-state index is 11.0. The third-order valence-electron chi connectivity index (χ3n) is 4.49. The van der Waals surface area contributed by atoms with Crippen molar-refractivity contribution < 1.29 is 4.79 Å². The maximum Gasteiger partial charge on any atom is 0.150 e. The molecule has 0 saturated carbocycles. The predicted octanol–water partition coefficient (Wildman–Crippen LogP) is 5.42. The quantitative estimate of drug-likeness (QED) is 0.358. The zero-order valence-corrected chi connectivity index (χ0v) is 14.9. The lowest BCUT2D eigenvalue weighted by Crippen LogP contribution is -1.88. The number of aromatic nitrogens is 1. The summed E-state index contributed by atoms with van der Waals surface area (Å²) >= 11 is 0. The zero-order valence-electron chi connectivity index (χ0n) is 14.9. The molecular formula is C25H17NO. The number of carbonyl (C=O) groups excluding carboxylic acids is 1. The molecule has 27 heavy (non-hydrogen) atoms. The minimum absolute atomic E-state index is 0.649. The summed E-state index contributed by atoms with van der Waals surface area (Å²) in [5.41, 5.74) is 6.52. The van der Waals surface area contributed by atoms with Crippen LogP contribution in [0.3, 0.4) is 0 Å². The molecule has 4 aromatic rings. The predicted molar refractivity (Wildman–Crippen MR) is 110 cm³/mol. The van der Waals surface area contributed by atoms with Crippen LogP contribution in [0.2, 0.25) is 0 Å². The summed E-state index contributed by atoms with van der Waals surface area (Å²) in [6, 6.07) is 25.6. The molecule has 4 rings (SSSR count). The van der Waals surface area contributed by atoms with Gasteiger partial charge < -0.3 is 0 Å². The molecule has 0 bridgehead atoms. The molecule has 0 aliphatic carbocycles. The van der Waals surface area contributed by atoms with E-state index in [0.717, 1.165) is 39.6 Å². The Morgan fingerprint density at radius 3 is 2.59 bits per heavy atom. The first-order valence-electron chi connectivity index (χ1n) is 8.77. The van der Waals surface area contributed by atoms with E-state index >= 15 is 0 Å². The first-order chi connectivity index (χ1) is 13.2. The minimum atomic E-state index is 0.649. The molecule has 2 nitrogen and oxygen atoms in total. The number of aldehydes is 1. The summed E-state index contributed by atoms with van der Waals surface area (Å²) in [6.45, 7) is 2.06. The second kappa shape index (κ2) is 7.27. The highest BCUT2D eigenvalue weighted by Gasteiger charge is 2.03. The van der Waals surface area contributed by atoms with Gasteiger partial charge in [-0.15, -0.1) is 0 Å². The smallest absolute Gasteiger partial charge is 0.150 e. The third kappa shape index (κ3) is 3.63. The van der Waals surface area contributed by atoms with E-state index in [0.29, 0.717) is 5.56 Å². The van der Waals surface area contributed by atoms with Gasteiger partial charge in [0.1, 0.15) is 6.29 Å². The average Bonchev–Trinajstić information content (AvgIpc) is 2.72. The van der Waals surface area contributed by atoms with Gasteiger partial charge in [-0.1, -0.05) is 54.3 Å². The molecule has 0 aliphatic rings. The number of carbonyl (C=O) groups is 1. The molecule has 0 amide bonds. The van der Waals surface area contributed by atoms with Crippen molar-refractivity contribution >= 4 is 17.2 Å². The summed E-state index contributed by atoms with van der Waals surface area (Å²) in [4.78, 5) is 15.7. The Hall–Kier alpha value is -3.70. The molecule has 0 spiro atoms. The molecule has 0 fully saturated rings. The first-order valence-corrected chi connectivity index (χ1v) is 8.77. The van der Waals surface area contributed by atoms with Crippen LogP contribution in [0.15, 0.2) is 78.9 Å². The number of hydrogen-bond donors (Lipinski definition) is 0. The summed E-state index contributed by atoms with van der Waals surface area (Å²) in [5.74, 6) is 6.48. The van der Waals surface area contributed by atoms with E-state index in [4.69, 9.17) is 4.98 Å². The Morgan fingerprint density at radius 1 is 0.852 bits per heavy atom. The minimum Gasteiger partial charge on any atom is -0.298 e. The van der Waals surface area contributed by atoms with Crippen molar-refractivity contribution in [3.8, 4) is 23.1 Å². The summed E-state index contributed by atoms with van der Waals surface area (Å²) in [6.07, 6.45) is 0.851. The van der Waals surface area contributed by atoms with Crippen molar-refractivity contribution in [3.63, 3.8) is 0 Å². The van der Waals surface area contributed by atoms with E-state index in [1.807, 2.05) is 60.7 Å². The molecule has 0 atom stereocenters. The molecule has 0 N–H and O–H groups in total. The van der Waals surface area contributed by atoms with Crippen LogP contribution in [0.25, 0.3) is 22.2 Å². The van der Waals surface area contributed by atoms with E-state index in [1.165, 1.54) is 5.56 Å².